The summed E-state index contributed by atoms with van der Waals surface area (Å²) in [6, 6.07) is 3.68. The van der Waals surface area contributed by atoms with Gasteiger partial charge in [0.1, 0.15) is 5.82 Å². The largest absolute Gasteiger partial charge is 0.385 e. The zero-order valence-corrected chi connectivity index (χ0v) is 12.8. The number of hydrogen-bond acceptors (Lipinski definition) is 4. The molecule has 0 bridgehead atoms. The number of carbonyl (C=O) groups excluding carboxylic acids is 1. The molecule has 1 aromatic heterocycles. The molecule has 0 aliphatic carbocycles. The van der Waals surface area contributed by atoms with E-state index in [1.54, 1.807) is 19.2 Å². The zero-order valence-electron chi connectivity index (χ0n) is 12.8. The van der Waals surface area contributed by atoms with E-state index < -0.39 is 0 Å². The lowest BCUT2D eigenvalue weighted by Crippen LogP contribution is -2.33. The van der Waals surface area contributed by atoms with Crippen molar-refractivity contribution in [3.63, 3.8) is 0 Å². The van der Waals surface area contributed by atoms with Gasteiger partial charge in [0.05, 0.1) is 0 Å². The van der Waals surface area contributed by atoms with Crippen molar-refractivity contribution in [1.29, 1.82) is 0 Å². The van der Waals surface area contributed by atoms with Crippen LogP contribution in [0.15, 0.2) is 12.1 Å². The number of nitrogens with one attached hydrogen (secondary N) is 2. The maximum absolute atomic E-state index is 12.2. The Morgan fingerprint density at radius 1 is 1.45 bits per heavy atom. The fourth-order valence-electron chi connectivity index (χ4n) is 1.82. The maximum atomic E-state index is 12.2. The van der Waals surface area contributed by atoms with E-state index in [0.29, 0.717) is 12.2 Å². The van der Waals surface area contributed by atoms with Crippen molar-refractivity contribution in [2.24, 2.45) is 0 Å². The van der Waals surface area contributed by atoms with Crippen molar-refractivity contribution >= 4 is 11.7 Å². The number of aromatic nitrogens is 1. The highest BCUT2D eigenvalue weighted by molar-refractivity contribution is 5.95. The Hall–Kier alpha value is -1.62. The van der Waals surface area contributed by atoms with Gasteiger partial charge in [0.2, 0.25) is 0 Å². The van der Waals surface area contributed by atoms with Gasteiger partial charge in [0.25, 0.3) is 5.91 Å². The quantitative estimate of drug-likeness (QED) is 0.767. The summed E-state index contributed by atoms with van der Waals surface area (Å²) in [5, 5.41) is 6.17. The Morgan fingerprint density at radius 3 is 2.85 bits per heavy atom. The van der Waals surface area contributed by atoms with E-state index in [2.05, 4.69) is 22.5 Å². The number of methoxy groups -OCH3 is 1. The Morgan fingerprint density at radius 2 is 2.20 bits per heavy atom. The monoisotopic (exact) mass is 279 g/mol. The molecule has 5 nitrogen and oxygen atoms in total. The Bertz CT molecular complexity index is 435. The first-order chi connectivity index (χ1) is 9.56. The molecule has 0 radical (unpaired) electrons. The molecule has 0 aromatic carbocycles. The van der Waals surface area contributed by atoms with Crippen LogP contribution in [0.4, 0.5) is 5.82 Å². The summed E-state index contributed by atoms with van der Waals surface area (Å²) >= 11 is 0. The van der Waals surface area contributed by atoms with Gasteiger partial charge in [-0.15, -0.1) is 0 Å². The number of anilines is 1. The first-order valence-electron chi connectivity index (χ1n) is 7.09. The van der Waals surface area contributed by atoms with E-state index in [1.165, 1.54) is 0 Å². The molecular formula is C15H25N3O2. The van der Waals surface area contributed by atoms with Crippen molar-refractivity contribution < 1.29 is 9.53 Å². The van der Waals surface area contributed by atoms with E-state index in [4.69, 9.17) is 4.74 Å². The van der Waals surface area contributed by atoms with Gasteiger partial charge in [-0.3, -0.25) is 4.79 Å². The molecule has 0 saturated carbocycles. The van der Waals surface area contributed by atoms with Crippen molar-refractivity contribution in [2.75, 3.05) is 25.6 Å². The highest BCUT2D eigenvalue weighted by atomic mass is 16.5. The summed E-state index contributed by atoms with van der Waals surface area (Å²) in [5.41, 5.74) is 1.47. The molecule has 0 aliphatic rings. The molecule has 0 fully saturated rings. The molecule has 0 saturated heterocycles. The Balaban J connectivity index is 2.69. The van der Waals surface area contributed by atoms with Crippen molar-refractivity contribution in [1.82, 2.24) is 10.3 Å². The normalized spacial score (nSPS) is 12.0. The van der Waals surface area contributed by atoms with Gasteiger partial charge in [-0.25, -0.2) is 4.98 Å². The van der Waals surface area contributed by atoms with Gasteiger partial charge >= 0.3 is 0 Å². The Labute approximate surface area is 121 Å². The second-order valence-electron chi connectivity index (χ2n) is 4.97. The molecule has 1 aromatic rings. The molecule has 1 unspecified atom stereocenters. The second kappa shape index (κ2) is 8.53. The van der Waals surface area contributed by atoms with Crippen LogP contribution >= 0.6 is 0 Å². The lowest BCUT2D eigenvalue weighted by atomic mass is 10.2. The van der Waals surface area contributed by atoms with Crippen LogP contribution in [0.1, 0.15) is 42.7 Å². The summed E-state index contributed by atoms with van der Waals surface area (Å²) in [6.07, 6.45) is 1.82. The van der Waals surface area contributed by atoms with Crippen LogP contribution in [-0.4, -0.2) is 37.2 Å². The smallest absolute Gasteiger partial charge is 0.251 e. The first kappa shape index (κ1) is 16.4. The molecule has 20 heavy (non-hydrogen) atoms. The summed E-state index contributed by atoms with van der Waals surface area (Å²) in [4.78, 5) is 16.6. The fourth-order valence-corrected chi connectivity index (χ4v) is 1.82. The van der Waals surface area contributed by atoms with Gasteiger partial charge in [-0.1, -0.05) is 6.92 Å². The minimum atomic E-state index is -0.0707. The molecule has 1 heterocycles. The molecule has 112 valence electrons. The van der Waals surface area contributed by atoms with E-state index in [-0.39, 0.29) is 11.9 Å². The number of pyridine rings is 1. The van der Waals surface area contributed by atoms with Crippen molar-refractivity contribution in [3.05, 3.63) is 23.4 Å². The molecule has 5 heteroatoms. The third kappa shape index (κ3) is 5.57. The molecule has 0 aliphatic heterocycles. The number of ether oxygens (including phenoxy) is 1. The van der Waals surface area contributed by atoms with Crippen LogP contribution < -0.4 is 10.6 Å². The van der Waals surface area contributed by atoms with Gasteiger partial charge < -0.3 is 15.4 Å². The molecule has 0 spiro atoms. The van der Waals surface area contributed by atoms with E-state index in [1.807, 2.05) is 13.8 Å². The second-order valence-corrected chi connectivity index (χ2v) is 4.97. The molecule has 2 N–H and O–H groups in total. The SMILES string of the molecule is CCCNc1cc(C(=O)NC(C)CCOC)cc(C)n1. The predicted octanol–water partition coefficient (Wildman–Crippen LogP) is 2.37. The predicted molar refractivity (Wildman–Crippen MR) is 81.2 cm³/mol. The summed E-state index contributed by atoms with van der Waals surface area (Å²) in [7, 11) is 1.66. The Kier molecular flexibility index (Phi) is 7.01. The average molecular weight is 279 g/mol. The third-order valence-corrected chi connectivity index (χ3v) is 2.90. The lowest BCUT2D eigenvalue weighted by Gasteiger charge is -2.14. The highest BCUT2D eigenvalue weighted by Crippen LogP contribution is 2.11. The van der Waals surface area contributed by atoms with E-state index in [9.17, 15) is 4.79 Å². The van der Waals surface area contributed by atoms with Crippen LogP contribution in [0.25, 0.3) is 0 Å². The maximum Gasteiger partial charge on any atom is 0.251 e. The van der Waals surface area contributed by atoms with Crippen LogP contribution in [0.5, 0.6) is 0 Å². The molecule has 1 amide bonds. The number of hydrogen-bond donors (Lipinski definition) is 2. The average Bonchev–Trinajstić information content (AvgIpc) is 2.42. The van der Waals surface area contributed by atoms with E-state index >= 15 is 0 Å². The fraction of sp³-hybridized carbons (Fsp3) is 0.600. The lowest BCUT2D eigenvalue weighted by molar-refractivity contribution is 0.0929. The van der Waals surface area contributed by atoms with Crippen LogP contribution in [-0.2, 0) is 4.74 Å². The van der Waals surface area contributed by atoms with Crippen LogP contribution in [0.2, 0.25) is 0 Å². The highest BCUT2D eigenvalue weighted by Gasteiger charge is 2.11. The van der Waals surface area contributed by atoms with Gasteiger partial charge in [-0.2, -0.15) is 0 Å². The van der Waals surface area contributed by atoms with Gasteiger partial charge in [0.15, 0.2) is 0 Å². The summed E-state index contributed by atoms with van der Waals surface area (Å²) in [5.74, 6) is 0.681. The minimum absolute atomic E-state index is 0.0707. The standard InChI is InChI=1S/C15H25N3O2/c1-5-7-16-14-10-13(9-12(3)17-14)15(19)18-11(2)6-8-20-4/h9-11H,5-8H2,1-4H3,(H,16,17)(H,18,19). The molecule has 1 atom stereocenters. The van der Waals surface area contributed by atoms with Crippen LogP contribution in [0.3, 0.4) is 0 Å². The van der Waals surface area contributed by atoms with E-state index in [0.717, 1.165) is 30.9 Å². The number of rotatable bonds is 8. The van der Waals surface area contributed by atoms with Crippen molar-refractivity contribution in [3.8, 4) is 0 Å². The number of amides is 1. The van der Waals surface area contributed by atoms with Crippen LogP contribution in [0, 0.1) is 6.92 Å². The number of nitrogens with zero attached hydrogens (tertiary/aromatic N) is 1. The van der Waals surface area contributed by atoms with Gasteiger partial charge in [0, 0.05) is 37.6 Å². The van der Waals surface area contributed by atoms with Crippen molar-refractivity contribution in [2.45, 2.75) is 39.7 Å². The summed E-state index contributed by atoms with van der Waals surface area (Å²) < 4.78 is 5.01. The number of carbonyl (C=O) groups is 1. The molecule has 1 rings (SSSR count). The first-order valence-corrected chi connectivity index (χ1v) is 7.09. The molecular weight excluding hydrogens is 254 g/mol. The number of aryl methyl sites for hydroxylation is 1. The van der Waals surface area contributed by atoms with Gasteiger partial charge in [-0.05, 0) is 38.8 Å². The topological polar surface area (TPSA) is 63.2 Å². The zero-order chi connectivity index (χ0) is 15.0. The summed E-state index contributed by atoms with van der Waals surface area (Å²) in [6.45, 7) is 7.44. The minimum Gasteiger partial charge on any atom is -0.385 e. The third-order valence-electron chi connectivity index (χ3n) is 2.90.